The van der Waals surface area contributed by atoms with Crippen molar-refractivity contribution in [1.29, 1.82) is 0 Å². The fraction of sp³-hybridized carbons (Fsp3) is 0.750. The Balaban J connectivity index is 1.85. The van der Waals surface area contributed by atoms with Crippen LogP contribution < -0.4 is 16.0 Å². The molecule has 2 heterocycles. The third kappa shape index (κ3) is 3.28. The van der Waals surface area contributed by atoms with Crippen molar-refractivity contribution >= 4 is 11.8 Å². The third-order valence-corrected chi connectivity index (χ3v) is 4.59. The number of hydrogen-bond donors (Lipinski definition) is 2. The molecule has 0 amide bonds. The van der Waals surface area contributed by atoms with Crippen LogP contribution in [0.4, 0.5) is 11.8 Å². The minimum absolute atomic E-state index is 0.437. The van der Waals surface area contributed by atoms with Gasteiger partial charge in [-0.15, -0.1) is 0 Å². The lowest BCUT2D eigenvalue weighted by Gasteiger charge is -2.33. The number of aromatic nitrogens is 2. The molecule has 3 N–H and O–H groups in total. The van der Waals surface area contributed by atoms with Gasteiger partial charge >= 0.3 is 0 Å². The van der Waals surface area contributed by atoms with Crippen LogP contribution >= 0.6 is 0 Å². The molecule has 1 saturated heterocycles. The van der Waals surface area contributed by atoms with Gasteiger partial charge in [0.15, 0.2) is 0 Å². The number of fused-ring (bicyclic) bond motifs is 1. The van der Waals surface area contributed by atoms with Crippen molar-refractivity contribution in [3.05, 3.63) is 11.3 Å². The molecule has 1 aromatic rings. The normalized spacial score (nSPS) is 22.4. The number of rotatable bonds is 3. The standard InChI is InChI=1S/C16H27N5/c1-11(2)9-12-3-4-13-14(10-12)19-16(17)20-15(13)21-7-5-18-6-8-21/h11-12,18H,3-10H2,1-2H3,(H2,17,19,20). The summed E-state index contributed by atoms with van der Waals surface area (Å²) in [5, 5.41) is 3.39. The van der Waals surface area contributed by atoms with Gasteiger partial charge in [-0.2, -0.15) is 4.98 Å². The van der Waals surface area contributed by atoms with Crippen molar-refractivity contribution in [2.24, 2.45) is 11.8 Å². The number of nitrogen functional groups attached to an aromatic ring is 1. The van der Waals surface area contributed by atoms with E-state index in [1.54, 1.807) is 0 Å². The van der Waals surface area contributed by atoms with Gasteiger partial charge in [-0.3, -0.25) is 0 Å². The molecule has 0 saturated carbocycles. The zero-order valence-corrected chi connectivity index (χ0v) is 13.2. The minimum Gasteiger partial charge on any atom is -0.368 e. The first-order valence-corrected chi connectivity index (χ1v) is 8.24. The molecule has 3 rings (SSSR count). The second-order valence-corrected chi connectivity index (χ2v) is 6.81. The van der Waals surface area contributed by atoms with Crippen LogP contribution in [0.15, 0.2) is 0 Å². The molecule has 5 nitrogen and oxygen atoms in total. The molecule has 1 aromatic heterocycles. The summed E-state index contributed by atoms with van der Waals surface area (Å²) >= 11 is 0. The monoisotopic (exact) mass is 289 g/mol. The molecule has 1 aliphatic carbocycles. The molecule has 1 aliphatic heterocycles. The van der Waals surface area contributed by atoms with Crippen molar-refractivity contribution in [2.45, 2.75) is 39.5 Å². The predicted molar refractivity (Wildman–Crippen MR) is 86.5 cm³/mol. The molecule has 0 bridgehead atoms. The van der Waals surface area contributed by atoms with Gasteiger partial charge < -0.3 is 16.0 Å². The Morgan fingerprint density at radius 3 is 2.76 bits per heavy atom. The van der Waals surface area contributed by atoms with Crippen LogP contribution in [-0.4, -0.2) is 36.1 Å². The lowest BCUT2D eigenvalue weighted by atomic mass is 9.82. The van der Waals surface area contributed by atoms with E-state index in [1.807, 2.05) is 0 Å². The summed E-state index contributed by atoms with van der Waals surface area (Å²) in [7, 11) is 0. The van der Waals surface area contributed by atoms with Crippen molar-refractivity contribution in [1.82, 2.24) is 15.3 Å². The summed E-state index contributed by atoms with van der Waals surface area (Å²) in [6.45, 7) is 8.67. The molecule has 5 heteroatoms. The van der Waals surface area contributed by atoms with Crippen LogP contribution in [0, 0.1) is 11.8 Å². The first kappa shape index (κ1) is 14.6. The van der Waals surface area contributed by atoms with Gasteiger partial charge in [-0.05, 0) is 37.5 Å². The van der Waals surface area contributed by atoms with Gasteiger partial charge in [-0.25, -0.2) is 4.98 Å². The van der Waals surface area contributed by atoms with Gasteiger partial charge in [0.1, 0.15) is 5.82 Å². The number of anilines is 2. The summed E-state index contributed by atoms with van der Waals surface area (Å²) in [5.74, 6) is 3.04. The van der Waals surface area contributed by atoms with Crippen LogP contribution in [0.2, 0.25) is 0 Å². The predicted octanol–water partition coefficient (Wildman–Crippen LogP) is 1.62. The number of hydrogen-bond acceptors (Lipinski definition) is 5. The first-order valence-electron chi connectivity index (χ1n) is 8.24. The Bertz CT molecular complexity index is 494. The van der Waals surface area contributed by atoms with Crippen molar-refractivity contribution in [2.75, 3.05) is 36.8 Å². The molecule has 21 heavy (non-hydrogen) atoms. The van der Waals surface area contributed by atoms with E-state index in [9.17, 15) is 0 Å². The van der Waals surface area contributed by atoms with E-state index in [0.717, 1.165) is 56.7 Å². The van der Waals surface area contributed by atoms with Crippen molar-refractivity contribution in [3.8, 4) is 0 Å². The average molecular weight is 289 g/mol. The van der Waals surface area contributed by atoms with Crippen molar-refractivity contribution in [3.63, 3.8) is 0 Å². The molecule has 2 aliphatic rings. The summed E-state index contributed by atoms with van der Waals surface area (Å²) in [6.07, 6.45) is 4.72. The van der Waals surface area contributed by atoms with Gasteiger partial charge in [-0.1, -0.05) is 13.8 Å². The molecular formula is C16H27N5. The smallest absolute Gasteiger partial charge is 0.222 e. The zero-order chi connectivity index (χ0) is 14.8. The summed E-state index contributed by atoms with van der Waals surface area (Å²) in [5.41, 5.74) is 8.53. The Labute approximate surface area is 127 Å². The highest BCUT2D eigenvalue weighted by Gasteiger charge is 2.26. The molecule has 0 spiro atoms. The maximum Gasteiger partial charge on any atom is 0.222 e. The largest absolute Gasteiger partial charge is 0.368 e. The van der Waals surface area contributed by atoms with E-state index < -0.39 is 0 Å². The summed E-state index contributed by atoms with van der Waals surface area (Å²) < 4.78 is 0. The Morgan fingerprint density at radius 1 is 1.29 bits per heavy atom. The van der Waals surface area contributed by atoms with Crippen LogP contribution in [-0.2, 0) is 12.8 Å². The van der Waals surface area contributed by atoms with E-state index >= 15 is 0 Å². The van der Waals surface area contributed by atoms with Gasteiger partial charge in [0.05, 0.1) is 5.69 Å². The van der Waals surface area contributed by atoms with Crippen LogP contribution in [0.5, 0.6) is 0 Å². The van der Waals surface area contributed by atoms with Crippen LogP contribution in [0.25, 0.3) is 0 Å². The molecule has 1 fully saturated rings. The second kappa shape index (κ2) is 6.18. The fourth-order valence-corrected chi connectivity index (χ4v) is 3.69. The van der Waals surface area contributed by atoms with Gasteiger partial charge in [0.2, 0.25) is 5.95 Å². The molecule has 116 valence electrons. The molecule has 1 unspecified atom stereocenters. The van der Waals surface area contributed by atoms with Crippen LogP contribution in [0.3, 0.4) is 0 Å². The third-order valence-electron chi connectivity index (χ3n) is 4.59. The summed E-state index contributed by atoms with van der Waals surface area (Å²) in [4.78, 5) is 11.5. The SMILES string of the molecule is CC(C)CC1CCc2c(nc(N)nc2N2CCNCC2)C1. The maximum absolute atomic E-state index is 5.97. The van der Waals surface area contributed by atoms with E-state index in [0.29, 0.717) is 5.95 Å². The highest BCUT2D eigenvalue weighted by molar-refractivity contribution is 5.53. The average Bonchev–Trinajstić information content (AvgIpc) is 2.46. The Morgan fingerprint density at radius 2 is 2.05 bits per heavy atom. The minimum atomic E-state index is 0.437. The maximum atomic E-state index is 5.97. The van der Waals surface area contributed by atoms with Crippen molar-refractivity contribution < 1.29 is 0 Å². The molecule has 0 aromatic carbocycles. The van der Waals surface area contributed by atoms with E-state index in [-0.39, 0.29) is 0 Å². The first-order chi connectivity index (χ1) is 10.1. The number of nitrogens with one attached hydrogen (secondary N) is 1. The fourth-order valence-electron chi connectivity index (χ4n) is 3.69. The highest BCUT2D eigenvalue weighted by atomic mass is 15.2. The van der Waals surface area contributed by atoms with Crippen LogP contribution in [0.1, 0.15) is 37.9 Å². The second-order valence-electron chi connectivity index (χ2n) is 6.81. The Kier molecular flexibility index (Phi) is 4.29. The quantitative estimate of drug-likeness (QED) is 0.885. The number of nitrogens with zero attached hydrogens (tertiary/aromatic N) is 3. The topological polar surface area (TPSA) is 67.1 Å². The lowest BCUT2D eigenvalue weighted by Crippen LogP contribution is -2.44. The summed E-state index contributed by atoms with van der Waals surface area (Å²) in [6, 6.07) is 0. The lowest BCUT2D eigenvalue weighted by molar-refractivity contribution is 0.365. The van der Waals surface area contributed by atoms with E-state index in [1.165, 1.54) is 24.1 Å². The van der Waals surface area contributed by atoms with E-state index in [2.05, 4.69) is 34.0 Å². The zero-order valence-electron chi connectivity index (χ0n) is 13.2. The molecule has 0 radical (unpaired) electrons. The molecule has 1 atom stereocenters. The Hall–Kier alpha value is -1.36. The van der Waals surface area contributed by atoms with Gasteiger partial charge in [0, 0.05) is 31.7 Å². The van der Waals surface area contributed by atoms with E-state index in [4.69, 9.17) is 5.73 Å². The molecular weight excluding hydrogens is 262 g/mol. The number of piperazine rings is 1. The number of nitrogens with two attached hydrogens (primary N) is 1. The highest BCUT2D eigenvalue weighted by Crippen LogP contribution is 2.33. The van der Waals surface area contributed by atoms with Gasteiger partial charge in [0.25, 0.3) is 0 Å².